The molecule has 0 unspecified atom stereocenters. The lowest BCUT2D eigenvalue weighted by Gasteiger charge is -2.16. The predicted octanol–water partition coefficient (Wildman–Crippen LogP) is 3.46. The molecule has 1 aliphatic rings. The van der Waals surface area contributed by atoms with Crippen LogP contribution in [0.1, 0.15) is 34.8 Å². The fourth-order valence-corrected chi connectivity index (χ4v) is 3.27. The molecule has 3 aromatic rings. The molecule has 0 aliphatic carbocycles. The van der Waals surface area contributed by atoms with Crippen LogP contribution in [0.2, 0.25) is 0 Å². The molecule has 4 rings (SSSR count). The van der Waals surface area contributed by atoms with Crippen molar-refractivity contribution in [2.45, 2.75) is 33.0 Å². The first-order valence-corrected chi connectivity index (χ1v) is 8.85. The maximum atomic E-state index is 12.6. The van der Waals surface area contributed by atoms with Crippen molar-refractivity contribution in [3.63, 3.8) is 0 Å². The van der Waals surface area contributed by atoms with Gasteiger partial charge in [-0.05, 0) is 35.7 Å². The number of hydrogen-bond donors (Lipinski definition) is 1. The molecular formula is C20H21N5O. The van der Waals surface area contributed by atoms with Gasteiger partial charge in [-0.1, -0.05) is 25.1 Å². The quantitative estimate of drug-likeness (QED) is 0.768. The molecule has 26 heavy (non-hydrogen) atoms. The maximum Gasteiger partial charge on any atom is 0.258 e. The smallest absolute Gasteiger partial charge is 0.258 e. The molecule has 3 heterocycles. The monoisotopic (exact) mass is 347 g/mol. The van der Waals surface area contributed by atoms with Gasteiger partial charge in [-0.25, -0.2) is 4.98 Å². The molecule has 1 N–H and O–H groups in total. The van der Waals surface area contributed by atoms with Gasteiger partial charge < -0.3 is 10.2 Å². The molecule has 6 heteroatoms. The van der Waals surface area contributed by atoms with Gasteiger partial charge in [-0.15, -0.1) is 0 Å². The predicted molar refractivity (Wildman–Crippen MR) is 101 cm³/mol. The summed E-state index contributed by atoms with van der Waals surface area (Å²) in [6, 6.07) is 11.9. The second kappa shape index (κ2) is 7.00. The summed E-state index contributed by atoms with van der Waals surface area (Å²) in [6.07, 6.45) is 6.20. The molecule has 1 amide bonds. The number of pyridine rings is 1. The largest absolute Gasteiger partial charge is 0.348 e. The van der Waals surface area contributed by atoms with Crippen LogP contribution in [0.15, 0.2) is 55.0 Å². The van der Waals surface area contributed by atoms with Gasteiger partial charge in [0.25, 0.3) is 5.91 Å². The van der Waals surface area contributed by atoms with E-state index in [-0.39, 0.29) is 5.91 Å². The lowest BCUT2D eigenvalue weighted by molar-refractivity contribution is 0.102. The topological polar surface area (TPSA) is 63.1 Å². The van der Waals surface area contributed by atoms with Crippen LogP contribution in [0.4, 0.5) is 11.5 Å². The Balaban J connectivity index is 1.53. The summed E-state index contributed by atoms with van der Waals surface area (Å²) >= 11 is 0. The molecule has 1 aliphatic heterocycles. The molecule has 0 fully saturated rings. The third-order valence-corrected chi connectivity index (χ3v) is 4.55. The molecule has 1 aromatic carbocycles. The molecule has 0 bridgehead atoms. The number of amides is 1. The van der Waals surface area contributed by atoms with Gasteiger partial charge in [0.2, 0.25) is 0 Å². The van der Waals surface area contributed by atoms with Crippen LogP contribution in [-0.4, -0.2) is 20.7 Å². The van der Waals surface area contributed by atoms with E-state index in [0.29, 0.717) is 5.56 Å². The Morgan fingerprint density at radius 1 is 1.19 bits per heavy atom. The van der Waals surface area contributed by atoms with Crippen molar-refractivity contribution in [1.82, 2.24) is 14.8 Å². The van der Waals surface area contributed by atoms with Gasteiger partial charge in [0, 0.05) is 37.7 Å². The first kappa shape index (κ1) is 16.3. The second-order valence-corrected chi connectivity index (χ2v) is 6.43. The summed E-state index contributed by atoms with van der Waals surface area (Å²) in [5.74, 6) is 0.818. The molecule has 132 valence electrons. The van der Waals surface area contributed by atoms with E-state index in [4.69, 9.17) is 0 Å². The Labute approximate surface area is 152 Å². The fourth-order valence-electron chi connectivity index (χ4n) is 3.27. The van der Waals surface area contributed by atoms with E-state index in [1.165, 1.54) is 5.56 Å². The van der Waals surface area contributed by atoms with Gasteiger partial charge in [0.15, 0.2) is 0 Å². The summed E-state index contributed by atoms with van der Waals surface area (Å²) in [5, 5.41) is 7.28. The number of rotatable bonds is 5. The number of fused-ring (bicyclic) bond motifs is 1. The number of carbonyl (C=O) groups excluding carboxylic acids is 1. The van der Waals surface area contributed by atoms with Gasteiger partial charge in [0.1, 0.15) is 5.82 Å². The van der Waals surface area contributed by atoms with Gasteiger partial charge in [0.05, 0.1) is 11.8 Å². The number of aryl methyl sites for hydroxylation is 1. The minimum atomic E-state index is -0.128. The number of aromatic nitrogens is 3. The molecule has 0 radical (unpaired) electrons. The van der Waals surface area contributed by atoms with Crippen LogP contribution in [0, 0.1) is 0 Å². The number of hydrogen-bond acceptors (Lipinski definition) is 4. The maximum absolute atomic E-state index is 12.6. The Kier molecular flexibility index (Phi) is 4.39. The van der Waals surface area contributed by atoms with Crippen LogP contribution in [-0.2, 0) is 19.6 Å². The number of nitrogens with zero attached hydrogens (tertiary/aromatic N) is 4. The minimum Gasteiger partial charge on any atom is -0.348 e. The zero-order valence-corrected chi connectivity index (χ0v) is 14.7. The van der Waals surface area contributed by atoms with Gasteiger partial charge in [-0.2, -0.15) is 5.10 Å². The van der Waals surface area contributed by atoms with Crippen molar-refractivity contribution < 1.29 is 4.79 Å². The van der Waals surface area contributed by atoms with Gasteiger partial charge in [-0.3, -0.25) is 9.48 Å². The highest BCUT2D eigenvalue weighted by atomic mass is 16.1. The summed E-state index contributed by atoms with van der Waals surface area (Å²) < 4.78 is 1.80. The lowest BCUT2D eigenvalue weighted by Crippen LogP contribution is -2.16. The van der Waals surface area contributed by atoms with Crippen molar-refractivity contribution in [3.8, 4) is 0 Å². The van der Waals surface area contributed by atoms with Crippen LogP contribution < -0.4 is 10.2 Å². The number of anilines is 2. The number of carbonyl (C=O) groups is 1. The number of benzene rings is 1. The van der Waals surface area contributed by atoms with E-state index in [1.807, 2.05) is 30.3 Å². The standard InChI is InChI=1S/C20H21N5O/c1-2-10-25-13-16(11-22-25)20(26)23-18-7-5-6-15-12-24(14-17(15)18)19-8-3-4-9-21-19/h3-9,11,13H,2,10,12,14H2,1H3,(H,23,26). The first-order chi connectivity index (χ1) is 12.7. The van der Waals surface area contributed by atoms with Gasteiger partial charge >= 0.3 is 0 Å². The Morgan fingerprint density at radius 2 is 2.12 bits per heavy atom. The molecule has 6 nitrogen and oxygen atoms in total. The minimum absolute atomic E-state index is 0.128. The normalized spacial score (nSPS) is 12.9. The number of nitrogens with one attached hydrogen (secondary N) is 1. The fraction of sp³-hybridized carbons (Fsp3) is 0.250. The van der Waals surface area contributed by atoms with Crippen molar-refractivity contribution in [2.75, 3.05) is 10.2 Å². The highest BCUT2D eigenvalue weighted by Gasteiger charge is 2.23. The van der Waals surface area contributed by atoms with Crippen molar-refractivity contribution in [3.05, 3.63) is 71.7 Å². The average Bonchev–Trinajstić information content (AvgIpc) is 3.30. The van der Waals surface area contributed by atoms with Crippen LogP contribution in [0.3, 0.4) is 0 Å². The van der Waals surface area contributed by atoms with E-state index in [0.717, 1.165) is 43.1 Å². The summed E-state index contributed by atoms with van der Waals surface area (Å²) in [5.41, 5.74) is 3.80. The SMILES string of the molecule is CCCn1cc(C(=O)Nc2cccc3c2CN(c2ccccn2)C3)cn1. The average molecular weight is 347 g/mol. The van der Waals surface area contributed by atoms with Crippen LogP contribution in [0.25, 0.3) is 0 Å². The highest BCUT2D eigenvalue weighted by molar-refractivity contribution is 6.04. The van der Waals surface area contributed by atoms with E-state index in [2.05, 4.69) is 33.3 Å². The molecule has 0 spiro atoms. The molecule has 0 atom stereocenters. The summed E-state index contributed by atoms with van der Waals surface area (Å²) in [6.45, 7) is 4.43. The van der Waals surface area contributed by atoms with E-state index < -0.39 is 0 Å². The second-order valence-electron chi connectivity index (χ2n) is 6.43. The molecule has 0 saturated heterocycles. The van der Waals surface area contributed by atoms with E-state index in [1.54, 1.807) is 23.3 Å². The lowest BCUT2D eigenvalue weighted by atomic mass is 10.1. The first-order valence-electron chi connectivity index (χ1n) is 8.85. The van der Waals surface area contributed by atoms with Crippen LogP contribution in [0.5, 0.6) is 0 Å². The van der Waals surface area contributed by atoms with Crippen LogP contribution >= 0.6 is 0 Å². The zero-order chi connectivity index (χ0) is 17.9. The Morgan fingerprint density at radius 3 is 2.92 bits per heavy atom. The highest BCUT2D eigenvalue weighted by Crippen LogP contribution is 2.32. The summed E-state index contributed by atoms with van der Waals surface area (Å²) in [7, 11) is 0. The van der Waals surface area contributed by atoms with Crippen molar-refractivity contribution >= 4 is 17.4 Å². The molecule has 2 aromatic heterocycles. The third kappa shape index (κ3) is 3.18. The Bertz CT molecular complexity index is 919. The zero-order valence-electron chi connectivity index (χ0n) is 14.7. The van der Waals surface area contributed by atoms with E-state index >= 15 is 0 Å². The third-order valence-electron chi connectivity index (χ3n) is 4.55. The van der Waals surface area contributed by atoms with E-state index in [9.17, 15) is 4.79 Å². The molecular weight excluding hydrogens is 326 g/mol. The molecule has 0 saturated carbocycles. The summed E-state index contributed by atoms with van der Waals surface area (Å²) in [4.78, 5) is 19.2. The Hall–Kier alpha value is -3.15. The van der Waals surface area contributed by atoms with Crippen molar-refractivity contribution in [2.24, 2.45) is 0 Å². The van der Waals surface area contributed by atoms with Crippen molar-refractivity contribution in [1.29, 1.82) is 0 Å².